The highest BCUT2D eigenvalue weighted by Crippen LogP contribution is 2.35. The normalized spacial score (nSPS) is 19.2. The minimum absolute atomic E-state index is 0.205. The van der Waals surface area contributed by atoms with Gasteiger partial charge < -0.3 is 19.7 Å². The molecule has 1 saturated heterocycles. The van der Waals surface area contributed by atoms with Gasteiger partial charge in [-0.2, -0.15) is 18.3 Å². The van der Waals surface area contributed by atoms with E-state index in [4.69, 9.17) is 14.6 Å². The Hall–Kier alpha value is -4.65. The van der Waals surface area contributed by atoms with Gasteiger partial charge in [0.2, 0.25) is 0 Å². The van der Waals surface area contributed by atoms with E-state index < -0.39 is 17.8 Å². The SMILES string of the molecule is COc1cc2nn(C3CCC(N4CCN(C(=O)OCc5ccccc5)CC4)CC3)cc2cc1NC(=O)c1cccc(C(F)(F)F)n1. The molecular weight excluding hydrogens is 601 g/mol. The zero-order valence-corrected chi connectivity index (χ0v) is 25.4. The van der Waals surface area contributed by atoms with E-state index in [-0.39, 0.29) is 24.4 Å². The summed E-state index contributed by atoms with van der Waals surface area (Å²) in [5, 5.41) is 8.19. The number of ether oxygens (including phenoxy) is 2. The van der Waals surface area contributed by atoms with Crippen LogP contribution in [0.25, 0.3) is 10.9 Å². The Balaban J connectivity index is 1.03. The highest BCUT2D eigenvalue weighted by molar-refractivity contribution is 6.05. The van der Waals surface area contributed by atoms with Crippen LogP contribution in [-0.2, 0) is 17.5 Å². The number of carbonyl (C=O) groups is 2. The summed E-state index contributed by atoms with van der Waals surface area (Å²) in [6.45, 7) is 3.18. The van der Waals surface area contributed by atoms with Gasteiger partial charge in [-0.15, -0.1) is 0 Å². The third kappa shape index (κ3) is 7.09. The van der Waals surface area contributed by atoms with Crippen molar-refractivity contribution in [3.05, 3.63) is 83.8 Å². The van der Waals surface area contributed by atoms with Crippen LogP contribution in [0.4, 0.5) is 23.7 Å². The first-order valence-corrected chi connectivity index (χ1v) is 15.3. The lowest BCUT2D eigenvalue weighted by atomic mass is 9.90. The molecule has 0 radical (unpaired) electrons. The summed E-state index contributed by atoms with van der Waals surface area (Å²) in [6.07, 6.45) is 0.901. The number of nitrogens with one attached hydrogen (secondary N) is 1. The predicted octanol–water partition coefficient (Wildman–Crippen LogP) is 6.15. The van der Waals surface area contributed by atoms with E-state index in [2.05, 4.69) is 15.2 Å². The second kappa shape index (κ2) is 13.4. The van der Waals surface area contributed by atoms with Crippen LogP contribution in [0.1, 0.15) is 53.5 Å². The number of fused-ring (bicyclic) bond motifs is 1. The van der Waals surface area contributed by atoms with Gasteiger partial charge in [-0.25, -0.2) is 9.78 Å². The van der Waals surface area contributed by atoms with Crippen LogP contribution in [-0.4, -0.2) is 75.9 Å². The summed E-state index contributed by atoms with van der Waals surface area (Å²) in [4.78, 5) is 33.1. The molecule has 1 saturated carbocycles. The van der Waals surface area contributed by atoms with Gasteiger partial charge in [0.05, 0.1) is 24.4 Å². The fourth-order valence-corrected chi connectivity index (χ4v) is 6.20. The monoisotopic (exact) mass is 636 g/mol. The molecule has 0 unspecified atom stereocenters. The van der Waals surface area contributed by atoms with Gasteiger partial charge in [0.15, 0.2) is 0 Å². The van der Waals surface area contributed by atoms with Crippen LogP contribution >= 0.6 is 0 Å². The summed E-state index contributed by atoms with van der Waals surface area (Å²) in [5.74, 6) is -0.441. The third-order valence-corrected chi connectivity index (χ3v) is 8.70. The lowest BCUT2D eigenvalue weighted by Gasteiger charge is -2.41. The number of rotatable bonds is 7. The predicted molar refractivity (Wildman–Crippen MR) is 165 cm³/mol. The summed E-state index contributed by atoms with van der Waals surface area (Å²) >= 11 is 0. The van der Waals surface area contributed by atoms with Crippen LogP contribution in [0.2, 0.25) is 0 Å². The molecule has 242 valence electrons. The summed E-state index contributed by atoms with van der Waals surface area (Å²) in [5.41, 5.74) is 0.470. The van der Waals surface area contributed by atoms with Gasteiger partial charge in [-0.3, -0.25) is 14.4 Å². The number of methoxy groups -OCH3 is 1. The number of benzene rings is 2. The molecule has 1 aliphatic carbocycles. The Labute approximate surface area is 264 Å². The smallest absolute Gasteiger partial charge is 0.433 e. The topological polar surface area (TPSA) is 102 Å². The second-order valence-corrected chi connectivity index (χ2v) is 11.6. The van der Waals surface area contributed by atoms with Crippen molar-refractivity contribution in [3.63, 3.8) is 0 Å². The van der Waals surface area contributed by atoms with Crippen LogP contribution in [0.15, 0.2) is 66.9 Å². The maximum Gasteiger partial charge on any atom is 0.433 e. The van der Waals surface area contributed by atoms with Gasteiger partial charge >= 0.3 is 12.3 Å². The molecule has 1 N–H and O–H groups in total. The minimum atomic E-state index is -4.66. The molecule has 2 aromatic carbocycles. The van der Waals surface area contributed by atoms with E-state index in [0.717, 1.165) is 61.9 Å². The molecule has 2 fully saturated rings. The Morgan fingerprint density at radius 1 is 0.935 bits per heavy atom. The average molecular weight is 637 g/mol. The molecule has 13 heteroatoms. The van der Waals surface area contributed by atoms with Crippen molar-refractivity contribution in [2.45, 2.75) is 50.6 Å². The fraction of sp³-hybridized carbons (Fsp3) is 0.394. The third-order valence-electron chi connectivity index (χ3n) is 8.70. The zero-order chi connectivity index (χ0) is 32.3. The zero-order valence-electron chi connectivity index (χ0n) is 25.4. The van der Waals surface area contributed by atoms with Crippen molar-refractivity contribution < 1.29 is 32.2 Å². The lowest BCUT2D eigenvalue weighted by molar-refractivity contribution is -0.141. The summed E-state index contributed by atoms with van der Waals surface area (Å²) in [6, 6.07) is 16.9. The number of halogens is 3. The molecule has 10 nitrogen and oxygen atoms in total. The van der Waals surface area contributed by atoms with Gasteiger partial charge in [0.25, 0.3) is 5.91 Å². The van der Waals surface area contributed by atoms with Crippen LogP contribution in [0.3, 0.4) is 0 Å². The van der Waals surface area contributed by atoms with Crippen LogP contribution in [0.5, 0.6) is 5.75 Å². The molecule has 3 heterocycles. The molecule has 1 aliphatic heterocycles. The fourth-order valence-electron chi connectivity index (χ4n) is 6.20. The first-order chi connectivity index (χ1) is 22.2. The van der Waals surface area contributed by atoms with E-state index in [9.17, 15) is 22.8 Å². The van der Waals surface area contributed by atoms with Gasteiger partial charge in [0.1, 0.15) is 23.7 Å². The number of carbonyl (C=O) groups excluding carboxylic acids is 2. The highest BCUT2D eigenvalue weighted by atomic mass is 19.4. The summed E-state index contributed by atoms with van der Waals surface area (Å²) in [7, 11) is 1.45. The van der Waals surface area contributed by atoms with Crippen molar-refractivity contribution in [2.24, 2.45) is 0 Å². The van der Waals surface area contributed by atoms with Crippen molar-refractivity contribution in [1.82, 2.24) is 24.6 Å². The standard InChI is InChI=1S/C33H35F3N6O4/c1-45-29-19-27-23(18-28(29)38-31(43)26-8-5-9-30(37-26)33(34,35)36)20-42(39-27)25-12-10-24(11-13-25)40-14-16-41(17-15-40)32(44)46-21-22-6-3-2-4-7-22/h2-9,18-20,24-25H,10-17,21H2,1H3,(H,38,43). The highest BCUT2D eigenvalue weighted by Gasteiger charge is 2.33. The Morgan fingerprint density at radius 2 is 1.65 bits per heavy atom. The second-order valence-electron chi connectivity index (χ2n) is 11.6. The number of aromatic nitrogens is 3. The van der Waals surface area contributed by atoms with E-state index in [0.29, 0.717) is 36.1 Å². The van der Waals surface area contributed by atoms with Gasteiger partial charge in [-0.05, 0) is 49.4 Å². The van der Waals surface area contributed by atoms with Crippen LogP contribution in [0, 0.1) is 0 Å². The molecule has 0 atom stereocenters. The summed E-state index contributed by atoms with van der Waals surface area (Å²) < 4.78 is 52.2. The lowest BCUT2D eigenvalue weighted by Crippen LogP contribution is -2.52. The number of hydrogen-bond acceptors (Lipinski definition) is 7. The number of nitrogens with zero attached hydrogens (tertiary/aromatic N) is 5. The number of piperazine rings is 1. The Kier molecular flexibility index (Phi) is 9.11. The van der Waals surface area contributed by atoms with E-state index in [1.165, 1.54) is 13.2 Å². The maximum absolute atomic E-state index is 13.1. The number of alkyl halides is 3. The van der Waals surface area contributed by atoms with Gasteiger partial charge in [-0.1, -0.05) is 36.4 Å². The van der Waals surface area contributed by atoms with Crippen molar-refractivity contribution in [3.8, 4) is 5.75 Å². The molecular formula is C33H35F3N6O4. The number of pyridine rings is 1. The molecule has 2 aromatic heterocycles. The molecule has 2 aliphatic rings. The number of amides is 2. The minimum Gasteiger partial charge on any atom is -0.494 e. The van der Waals surface area contributed by atoms with Crippen molar-refractivity contribution >= 4 is 28.6 Å². The molecule has 2 amide bonds. The van der Waals surface area contributed by atoms with E-state index >= 15 is 0 Å². The Bertz CT molecular complexity index is 1680. The van der Waals surface area contributed by atoms with E-state index in [1.54, 1.807) is 17.0 Å². The molecule has 0 bridgehead atoms. The molecule has 6 rings (SSSR count). The first kappa shape index (κ1) is 31.3. The largest absolute Gasteiger partial charge is 0.494 e. The van der Waals surface area contributed by atoms with Gasteiger partial charge in [0, 0.05) is 49.9 Å². The molecule has 46 heavy (non-hydrogen) atoms. The average Bonchev–Trinajstić information content (AvgIpc) is 3.50. The van der Waals surface area contributed by atoms with Crippen molar-refractivity contribution in [1.29, 1.82) is 0 Å². The quantitative estimate of drug-likeness (QED) is 0.260. The number of anilines is 1. The first-order valence-electron chi connectivity index (χ1n) is 15.3. The van der Waals surface area contributed by atoms with E-state index in [1.807, 2.05) is 41.2 Å². The number of hydrogen-bond donors (Lipinski definition) is 1. The molecule has 4 aromatic rings. The maximum atomic E-state index is 13.1. The Morgan fingerprint density at radius 3 is 2.35 bits per heavy atom. The molecule has 0 spiro atoms. The van der Waals surface area contributed by atoms with Crippen LogP contribution < -0.4 is 10.1 Å². The van der Waals surface area contributed by atoms with Crippen molar-refractivity contribution in [2.75, 3.05) is 38.6 Å².